The van der Waals surface area contributed by atoms with Crippen LogP contribution in [0.1, 0.15) is 25.0 Å². The van der Waals surface area contributed by atoms with Crippen molar-refractivity contribution in [3.63, 3.8) is 0 Å². The molecule has 1 aromatic carbocycles. The fraction of sp³-hybridized carbons (Fsp3) is 0.400. The summed E-state index contributed by atoms with van der Waals surface area (Å²) in [7, 11) is 0. The minimum absolute atomic E-state index is 0.0414. The molecule has 0 aromatic heterocycles. The van der Waals surface area contributed by atoms with Crippen molar-refractivity contribution >= 4 is 11.6 Å². The molecule has 0 aliphatic heterocycles. The predicted molar refractivity (Wildman–Crippen MR) is 77.4 cm³/mol. The van der Waals surface area contributed by atoms with Crippen molar-refractivity contribution in [2.24, 2.45) is 0 Å². The SMILES string of the molecule is CCNC(=O)[C@H](C)N(CC(F)(F)F)c1ccc(C#N)c(C#N)c1. The van der Waals surface area contributed by atoms with E-state index in [1.807, 2.05) is 0 Å². The molecule has 23 heavy (non-hydrogen) atoms. The highest BCUT2D eigenvalue weighted by Gasteiger charge is 2.35. The van der Waals surface area contributed by atoms with Gasteiger partial charge in [0.1, 0.15) is 24.7 Å². The van der Waals surface area contributed by atoms with Gasteiger partial charge in [0, 0.05) is 12.2 Å². The van der Waals surface area contributed by atoms with Crippen molar-refractivity contribution in [2.75, 3.05) is 18.0 Å². The number of halogens is 3. The number of nitrogens with one attached hydrogen (secondary N) is 1. The maximum Gasteiger partial charge on any atom is 0.405 e. The van der Waals surface area contributed by atoms with E-state index in [-0.39, 0.29) is 16.8 Å². The summed E-state index contributed by atoms with van der Waals surface area (Å²) in [5, 5.41) is 20.3. The minimum Gasteiger partial charge on any atom is -0.355 e. The van der Waals surface area contributed by atoms with Gasteiger partial charge in [-0.1, -0.05) is 0 Å². The number of benzene rings is 1. The highest BCUT2D eigenvalue weighted by molar-refractivity contribution is 5.85. The van der Waals surface area contributed by atoms with Gasteiger partial charge in [-0.15, -0.1) is 0 Å². The van der Waals surface area contributed by atoms with E-state index in [1.165, 1.54) is 25.1 Å². The maximum absolute atomic E-state index is 12.8. The molecule has 0 aliphatic rings. The first-order chi connectivity index (χ1) is 10.7. The van der Waals surface area contributed by atoms with Crippen molar-refractivity contribution in [1.82, 2.24) is 5.32 Å². The molecule has 5 nitrogen and oxygen atoms in total. The number of alkyl halides is 3. The van der Waals surface area contributed by atoms with E-state index < -0.39 is 24.7 Å². The number of likely N-dealkylation sites (N-methyl/N-ethyl adjacent to an activating group) is 1. The fourth-order valence-corrected chi connectivity index (χ4v) is 2.01. The smallest absolute Gasteiger partial charge is 0.355 e. The molecule has 0 bridgehead atoms. The number of nitrogens with zero attached hydrogens (tertiary/aromatic N) is 3. The number of carbonyl (C=O) groups is 1. The first-order valence-corrected chi connectivity index (χ1v) is 6.78. The number of hydrogen-bond donors (Lipinski definition) is 1. The maximum atomic E-state index is 12.8. The molecule has 0 saturated heterocycles. The normalized spacial score (nSPS) is 12.0. The highest BCUT2D eigenvalue weighted by atomic mass is 19.4. The number of amides is 1. The van der Waals surface area contributed by atoms with Crippen molar-refractivity contribution in [1.29, 1.82) is 10.5 Å². The molecule has 1 atom stereocenters. The van der Waals surface area contributed by atoms with Crippen molar-refractivity contribution < 1.29 is 18.0 Å². The monoisotopic (exact) mass is 324 g/mol. The van der Waals surface area contributed by atoms with Crippen LogP contribution in [0.5, 0.6) is 0 Å². The molecule has 0 radical (unpaired) electrons. The van der Waals surface area contributed by atoms with E-state index in [1.54, 1.807) is 19.1 Å². The van der Waals surface area contributed by atoms with E-state index >= 15 is 0 Å². The predicted octanol–water partition coefficient (Wildman–Crippen LogP) is 2.32. The van der Waals surface area contributed by atoms with Crippen LogP contribution in [0.25, 0.3) is 0 Å². The Bertz CT molecular complexity index is 658. The summed E-state index contributed by atoms with van der Waals surface area (Å²) in [6, 6.07) is 6.21. The van der Waals surface area contributed by atoms with Gasteiger partial charge in [0.25, 0.3) is 0 Å². The van der Waals surface area contributed by atoms with Crippen LogP contribution in [0.4, 0.5) is 18.9 Å². The molecule has 0 fully saturated rings. The summed E-state index contributed by atoms with van der Waals surface area (Å²) in [5.41, 5.74) is 0.0748. The number of anilines is 1. The molecule has 1 amide bonds. The molecule has 0 unspecified atom stereocenters. The fourth-order valence-electron chi connectivity index (χ4n) is 2.01. The Balaban J connectivity index is 3.27. The second-order valence-electron chi connectivity index (χ2n) is 4.77. The summed E-state index contributed by atoms with van der Waals surface area (Å²) in [5.74, 6) is -0.556. The quantitative estimate of drug-likeness (QED) is 0.901. The topological polar surface area (TPSA) is 79.9 Å². The lowest BCUT2D eigenvalue weighted by Gasteiger charge is -2.31. The van der Waals surface area contributed by atoms with Crippen molar-refractivity contribution in [3.05, 3.63) is 29.3 Å². The van der Waals surface area contributed by atoms with Crippen molar-refractivity contribution in [2.45, 2.75) is 26.1 Å². The van der Waals surface area contributed by atoms with Crippen LogP contribution in [-0.2, 0) is 4.79 Å². The van der Waals surface area contributed by atoms with Gasteiger partial charge in [-0.25, -0.2) is 0 Å². The van der Waals surface area contributed by atoms with Crippen LogP contribution < -0.4 is 10.2 Å². The first kappa shape index (κ1) is 18.3. The lowest BCUT2D eigenvalue weighted by molar-refractivity contribution is -0.126. The summed E-state index contributed by atoms with van der Waals surface area (Å²) in [6.07, 6.45) is -4.53. The largest absolute Gasteiger partial charge is 0.405 e. The lowest BCUT2D eigenvalue weighted by Crippen LogP contribution is -2.48. The van der Waals surface area contributed by atoms with Gasteiger partial charge in [-0.05, 0) is 32.0 Å². The lowest BCUT2D eigenvalue weighted by atomic mass is 10.1. The molecule has 1 aromatic rings. The summed E-state index contributed by atoms with van der Waals surface area (Å²) < 4.78 is 38.5. The molecular weight excluding hydrogens is 309 g/mol. The Morgan fingerprint density at radius 1 is 1.30 bits per heavy atom. The third kappa shape index (κ3) is 4.89. The van der Waals surface area contributed by atoms with E-state index in [4.69, 9.17) is 10.5 Å². The van der Waals surface area contributed by atoms with Crippen LogP contribution in [0.15, 0.2) is 18.2 Å². The van der Waals surface area contributed by atoms with Crippen LogP contribution in [0.3, 0.4) is 0 Å². The second-order valence-corrected chi connectivity index (χ2v) is 4.77. The van der Waals surface area contributed by atoms with Gasteiger partial charge in [0.05, 0.1) is 11.1 Å². The molecule has 1 N–H and O–H groups in total. The molecule has 0 saturated carbocycles. The molecule has 0 heterocycles. The Hall–Kier alpha value is -2.74. The third-order valence-corrected chi connectivity index (χ3v) is 3.12. The number of carbonyl (C=O) groups excluding carboxylic acids is 1. The van der Waals surface area contributed by atoms with Gasteiger partial charge in [-0.2, -0.15) is 23.7 Å². The van der Waals surface area contributed by atoms with E-state index in [0.717, 1.165) is 4.90 Å². The Morgan fingerprint density at radius 3 is 2.39 bits per heavy atom. The van der Waals surface area contributed by atoms with Crippen LogP contribution in [0, 0.1) is 22.7 Å². The Labute approximate surface area is 131 Å². The van der Waals surface area contributed by atoms with Crippen molar-refractivity contribution in [3.8, 4) is 12.1 Å². The molecule has 0 aliphatic carbocycles. The van der Waals surface area contributed by atoms with Gasteiger partial charge in [0.2, 0.25) is 5.91 Å². The zero-order valence-corrected chi connectivity index (χ0v) is 12.6. The van der Waals surface area contributed by atoms with E-state index in [9.17, 15) is 18.0 Å². The standard InChI is InChI=1S/C15H15F3N4O/c1-3-21-14(23)10(2)22(9-15(16,17)18)13-5-4-11(7-19)12(6-13)8-20/h4-6,10H,3,9H2,1-2H3,(H,21,23)/t10-/m0/s1. The molecule has 122 valence electrons. The van der Waals surface area contributed by atoms with Gasteiger partial charge >= 0.3 is 6.18 Å². The zero-order chi connectivity index (χ0) is 17.6. The minimum atomic E-state index is -4.53. The number of rotatable bonds is 5. The first-order valence-electron chi connectivity index (χ1n) is 6.78. The Morgan fingerprint density at radius 2 is 1.91 bits per heavy atom. The number of nitriles is 2. The van der Waals surface area contributed by atoms with Gasteiger partial charge in [0.15, 0.2) is 0 Å². The Kier molecular flexibility index (Phi) is 5.97. The highest BCUT2D eigenvalue weighted by Crippen LogP contribution is 2.26. The zero-order valence-electron chi connectivity index (χ0n) is 12.6. The van der Waals surface area contributed by atoms with Gasteiger partial charge in [-0.3, -0.25) is 4.79 Å². The summed E-state index contributed by atoms with van der Waals surface area (Å²) >= 11 is 0. The average molecular weight is 324 g/mol. The number of hydrogen-bond acceptors (Lipinski definition) is 4. The molecular formula is C15H15F3N4O. The van der Waals surface area contributed by atoms with Gasteiger partial charge < -0.3 is 10.2 Å². The molecule has 1 rings (SSSR count). The van der Waals surface area contributed by atoms with Crippen LogP contribution >= 0.6 is 0 Å². The molecule has 0 spiro atoms. The van der Waals surface area contributed by atoms with Crippen LogP contribution in [-0.4, -0.2) is 31.2 Å². The summed E-state index contributed by atoms with van der Waals surface area (Å²) in [6.45, 7) is 1.96. The van der Waals surface area contributed by atoms with E-state index in [2.05, 4.69) is 5.32 Å². The molecule has 8 heteroatoms. The van der Waals surface area contributed by atoms with E-state index in [0.29, 0.717) is 6.54 Å². The average Bonchev–Trinajstić information content (AvgIpc) is 2.50. The third-order valence-electron chi connectivity index (χ3n) is 3.12. The second kappa shape index (κ2) is 7.50. The van der Waals surface area contributed by atoms with Crippen LogP contribution in [0.2, 0.25) is 0 Å². The summed E-state index contributed by atoms with van der Waals surface area (Å²) in [4.78, 5) is 12.7.